The lowest BCUT2D eigenvalue weighted by Crippen LogP contribution is -2.15. The predicted octanol–water partition coefficient (Wildman–Crippen LogP) is 4.14. The molecule has 148 valence electrons. The third-order valence-electron chi connectivity index (χ3n) is 3.69. The van der Waals surface area contributed by atoms with Gasteiger partial charge in [0.1, 0.15) is 0 Å². The molecule has 0 N–H and O–H groups in total. The van der Waals surface area contributed by atoms with Crippen molar-refractivity contribution in [3.63, 3.8) is 0 Å². The molecule has 0 aliphatic heterocycles. The van der Waals surface area contributed by atoms with Gasteiger partial charge < -0.3 is 0 Å². The molecule has 6 nitrogen and oxygen atoms in total. The van der Waals surface area contributed by atoms with Gasteiger partial charge in [0, 0.05) is 10.6 Å². The van der Waals surface area contributed by atoms with Crippen LogP contribution in [-0.2, 0) is 22.6 Å². The van der Waals surface area contributed by atoms with E-state index in [2.05, 4.69) is 15.4 Å². The van der Waals surface area contributed by atoms with Crippen LogP contribution in [0.25, 0.3) is 11.4 Å². The highest BCUT2D eigenvalue weighted by Gasteiger charge is 2.30. The van der Waals surface area contributed by atoms with Crippen LogP contribution in [0.4, 0.5) is 13.2 Å². The Kier molecular flexibility index (Phi) is 5.64. The molecule has 12 heteroatoms. The number of benzene rings is 2. The summed E-state index contributed by atoms with van der Waals surface area (Å²) in [6.07, 6.45) is -4.50. The maximum atomic E-state index is 12.8. The molecule has 0 radical (unpaired) electrons. The fourth-order valence-electron chi connectivity index (χ4n) is 2.32. The van der Waals surface area contributed by atoms with Crippen molar-refractivity contribution in [2.24, 2.45) is 0 Å². The molecule has 2 aromatic carbocycles. The average molecular weight is 451 g/mol. The van der Waals surface area contributed by atoms with E-state index in [0.29, 0.717) is 0 Å². The smallest absolute Gasteiger partial charge is 0.224 e. The molecule has 0 saturated heterocycles. The molecule has 28 heavy (non-hydrogen) atoms. The number of rotatable bonds is 5. The van der Waals surface area contributed by atoms with E-state index in [1.807, 2.05) is 0 Å². The largest absolute Gasteiger partial charge is 0.416 e. The van der Waals surface area contributed by atoms with Gasteiger partial charge in [-0.1, -0.05) is 35.3 Å². The molecule has 3 aromatic rings. The Labute approximate surface area is 167 Å². The van der Waals surface area contributed by atoms with Gasteiger partial charge in [0.05, 0.1) is 27.8 Å². The first-order chi connectivity index (χ1) is 13.1. The van der Waals surface area contributed by atoms with E-state index in [1.165, 1.54) is 30.3 Å². The quantitative estimate of drug-likeness (QED) is 0.583. The highest BCUT2D eigenvalue weighted by molar-refractivity contribution is 7.91. The summed E-state index contributed by atoms with van der Waals surface area (Å²) in [4.78, 5) is 0.867. The molecule has 0 spiro atoms. The van der Waals surface area contributed by atoms with Crippen molar-refractivity contribution in [1.29, 1.82) is 0 Å². The molecule has 0 aliphatic carbocycles. The second-order valence-electron chi connectivity index (χ2n) is 5.68. The number of aryl methyl sites for hydroxylation is 1. The van der Waals surface area contributed by atoms with E-state index in [9.17, 15) is 21.6 Å². The average Bonchev–Trinajstić information content (AvgIpc) is 3.11. The zero-order valence-corrected chi connectivity index (χ0v) is 16.2. The maximum absolute atomic E-state index is 12.8. The van der Waals surface area contributed by atoms with Crippen LogP contribution in [0.2, 0.25) is 10.0 Å². The lowest BCUT2D eigenvalue weighted by molar-refractivity contribution is -0.137. The van der Waals surface area contributed by atoms with Gasteiger partial charge >= 0.3 is 6.18 Å². The highest BCUT2D eigenvalue weighted by Crippen LogP contribution is 2.31. The first-order valence-corrected chi connectivity index (χ1v) is 10.1. The molecule has 0 fully saturated rings. The van der Waals surface area contributed by atoms with Crippen LogP contribution >= 0.6 is 23.2 Å². The summed E-state index contributed by atoms with van der Waals surface area (Å²) in [5.41, 5.74) is -0.735. The first-order valence-electron chi connectivity index (χ1n) is 7.69. The summed E-state index contributed by atoms with van der Waals surface area (Å²) < 4.78 is 63.3. The zero-order chi connectivity index (χ0) is 20.5. The van der Waals surface area contributed by atoms with Crippen LogP contribution in [0, 0.1) is 0 Å². The Bertz CT molecular complexity index is 1120. The minimum absolute atomic E-state index is 0.0283. The molecule has 1 aromatic heterocycles. The summed E-state index contributed by atoms with van der Waals surface area (Å²) in [6, 6.07) is 8.52. The van der Waals surface area contributed by atoms with Gasteiger partial charge in [-0.25, -0.2) is 8.42 Å². The summed E-state index contributed by atoms with van der Waals surface area (Å²) >= 11 is 11.7. The fraction of sp³-hybridized carbons (Fsp3) is 0.188. The summed E-state index contributed by atoms with van der Waals surface area (Å²) in [5.74, 6) is -0.449. The lowest BCUT2D eigenvalue weighted by Gasteiger charge is -2.07. The first kappa shape index (κ1) is 20.6. The minimum Gasteiger partial charge on any atom is -0.224 e. The van der Waals surface area contributed by atoms with Crippen molar-refractivity contribution < 1.29 is 21.6 Å². The van der Waals surface area contributed by atoms with Crippen LogP contribution in [-0.4, -0.2) is 34.4 Å². The van der Waals surface area contributed by atoms with E-state index in [4.69, 9.17) is 23.2 Å². The normalized spacial score (nSPS) is 12.3. The number of sulfone groups is 1. The SMILES string of the molecule is O=S(=O)(CCn1nnc(-c2cccc(C(F)(F)F)c2)n1)c1cc(Cl)ccc1Cl. The van der Waals surface area contributed by atoms with Gasteiger partial charge in [-0.3, -0.25) is 0 Å². The monoisotopic (exact) mass is 450 g/mol. The van der Waals surface area contributed by atoms with Crippen LogP contribution in [0.15, 0.2) is 47.4 Å². The molecule has 0 unspecified atom stereocenters. The third-order valence-corrected chi connectivity index (χ3v) is 6.09. The Balaban J connectivity index is 1.78. The predicted molar refractivity (Wildman–Crippen MR) is 96.8 cm³/mol. The van der Waals surface area contributed by atoms with Crippen molar-refractivity contribution in [1.82, 2.24) is 20.2 Å². The maximum Gasteiger partial charge on any atom is 0.416 e. The highest BCUT2D eigenvalue weighted by atomic mass is 35.5. The van der Waals surface area contributed by atoms with E-state index in [0.717, 1.165) is 16.9 Å². The molecule has 1 heterocycles. The molecule has 0 atom stereocenters. The lowest BCUT2D eigenvalue weighted by atomic mass is 10.1. The number of aromatic nitrogens is 4. The van der Waals surface area contributed by atoms with E-state index < -0.39 is 27.3 Å². The van der Waals surface area contributed by atoms with E-state index >= 15 is 0 Å². The Hall–Kier alpha value is -2.17. The molecular weight excluding hydrogens is 440 g/mol. The van der Waals surface area contributed by atoms with Crippen LogP contribution in [0.3, 0.4) is 0 Å². The number of hydrogen-bond donors (Lipinski definition) is 0. The standard InChI is InChI=1S/C16H11Cl2F3N4O2S/c17-12-4-5-13(18)14(9-12)28(26,27)7-6-25-23-15(22-24-25)10-2-1-3-11(8-10)16(19,20)21/h1-5,8-9H,6-7H2. The molecule has 0 amide bonds. The molecule has 0 aliphatic rings. The zero-order valence-electron chi connectivity index (χ0n) is 13.9. The van der Waals surface area contributed by atoms with Crippen LogP contribution in [0.5, 0.6) is 0 Å². The Morgan fingerprint density at radius 3 is 2.54 bits per heavy atom. The number of nitrogens with zero attached hydrogens (tertiary/aromatic N) is 4. The molecular formula is C16H11Cl2F3N4O2S. The number of tetrazole rings is 1. The van der Waals surface area contributed by atoms with Crippen molar-refractivity contribution in [2.45, 2.75) is 17.6 Å². The van der Waals surface area contributed by atoms with Crippen molar-refractivity contribution in [3.05, 3.63) is 58.1 Å². The Morgan fingerprint density at radius 1 is 1.07 bits per heavy atom. The summed E-state index contributed by atoms with van der Waals surface area (Å²) in [7, 11) is -3.79. The van der Waals surface area contributed by atoms with Gasteiger partial charge in [0.2, 0.25) is 5.82 Å². The number of halogens is 5. The molecule has 3 rings (SSSR count). The molecule has 0 bridgehead atoms. The third kappa shape index (κ3) is 4.62. The summed E-state index contributed by atoms with van der Waals surface area (Å²) in [6.45, 7) is -0.170. The van der Waals surface area contributed by atoms with E-state index in [-0.39, 0.29) is 32.9 Å². The van der Waals surface area contributed by atoms with E-state index in [1.54, 1.807) is 0 Å². The number of hydrogen-bond acceptors (Lipinski definition) is 5. The van der Waals surface area contributed by atoms with Crippen molar-refractivity contribution >= 4 is 33.0 Å². The molecule has 0 saturated carbocycles. The van der Waals surface area contributed by atoms with Gasteiger partial charge in [0.15, 0.2) is 9.84 Å². The second-order valence-corrected chi connectivity index (χ2v) is 8.60. The van der Waals surface area contributed by atoms with Crippen LogP contribution in [0.1, 0.15) is 5.56 Å². The van der Waals surface area contributed by atoms with Gasteiger partial charge in [-0.15, -0.1) is 10.2 Å². The van der Waals surface area contributed by atoms with Gasteiger partial charge in [-0.05, 0) is 35.5 Å². The van der Waals surface area contributed by atoms with Crippen molar-refractivity contribution in [2.75, 3.05) is 5.75 Å². The second kappa shape index (κ2) is 7.69. The summed E-state index contributed by atoms with van der Waals surface area (Å²) in [5, 5.41) is 11.6. The minimum atomic E-state index is -4.50. The fourth-order valence-corrected chi connectivity index (χ4v) is 4.32. The Morgan fingerprint density at radius 2 is 1.82 bits per heavy atom. The van der Waals surface area contributed by atoms with Crippen molar-refractivity contribution in [3.8, 4) is 11.4 Å². The van der Waals surface area contributed by atoms with Gasteiger partial charge in [-0.2, -0.15) is 18.0 Å². The number of alkyl halides is 3. The van der Waals surface area contributed by atoms with Crippen LogP contribution < -0.4 is 0 Å². The van der Waals surface area contributed by atoms with Gasteiger partial charge in [0.25, 0.3) is 0 Å². The topological polar surface area (TPSA) is 77.7 Å².